The van der Waals surface area contributed by atoms with Crippen molar-refractivity contribution in [2.24, 2.45) is 0 Å². The van der Waals surface area contributed by atoms with Crippen molar-refractivity contribution in [2.75, 3.05) is 11.4 Å². The smallest absolute Gasteiger partial charge is 0.261 e. The average Bonchev–Trinajstić information content (AvgIpc) is 3.64. The monoisotopic (exact) mass is 533 g/mol. The molecule has 2 aromatic heterocycles. The second-order valence-corrected chi connectivity index (χ2v) is 9.84. The van der Waals surface area contributed by atoms with Crippen molar-refractivity contribution in [3.8, 4) is 0 Å². The van der Waals surface area contributed by atoms with Crippen molar-refractivity contribution in [2.45, 2.75) is 32.4 Å². The molecule has 4 aromatic rings. The normalized spacial score (nSPS) is 11.7. The number of hydrogen-bond acceptors (Lipinski definition) is 5. The quantitative estimate of drug-likeness (QED) is 0.285. The van der Waals surface area contributed by atoms with Crippen molar-refractivity contribution in [3.05, 3.63) is 112 Å². The van der Waals surface area contributed by atoms with Gasteiger partial charge in [0.05, 0.1) is 24.2 Å². The molecule has 7 nitrogen and oxygen atoms in total. The fraction of sp³-hybridized carbons (Fsp3) is 0.207. The number of rotatable bonds is 10. The maximum atomic E-state index is 15.1. The maximum Gasteiger partial charge on any atom is 0.261 e. The SMILES string of the molecule is CC(C)c1ccc(N(C(=O)CNC(=O)c2cccs2)[C@@H](C(=O)NCc2ccco2)c2ccccc2F)cc1. The van der Waals surface area contributed by atoms with E-state index in [1.807, 2.05) is 26.0 Å². The van der Waals surface area contributed by atoms with Gasteiger partial charge in [-0.25, -0.2) is 4.39 Å². The molecule has 0 aliphatic heterocycles. The van der Waals surface area contributed by atoms with Gasteiger partial charge in [-0.2, -0.15) is 0 Å². The first kappa shape index (κ1) is 26.8. The van der Waals surface area contributed by atoms with Gasteiger partial charge in [-0.15, -0.1) is 11.3 Å². The van der Waals surface area contributed by atoms with Crippen LogP contribution in [0.3, 0.4) is 0 Å². The molecule has 0 aliphatic rings. The second kappa shape index (κ2) is 12.3. The number of furan rings is 1. The zero-order valence-corrected chi connectivity index (χ0v) is 21.8. The van der Waals surface area contributed by atoms with E-state index in [0.717, 1.165) is 5.56 Å². The fourth-order valence-corrected chi connectivity index (χ4v) is 4.61. The number of nitrogens with zero attached hydrogens (tertiary/aromatic N) is 1. The molecule has 0 radical (unpaired) electrons. The van der Waals surface area contributed by atoms with Crippen LogP contribution in [0, 0.1) is 5.82 Å². The van der Waals surface area contributed by atoms with E-state index in [1.54, 1.807) is 47.8 Å². The average molecular weight is 534 g/mol. The van der Waals surface area contributed by atoms with Crippen LogP contribution in [0.5, 0.6) is 0 Å². The number of carbonyl (C=O) groups is 3. The molecule has 0 aliphatic carbocycles. The largest absolute Gasteiger partial charge is 0.467 e. The molecule has 0 fully saturated rings. The van der Waals surface area contributed by atoms with Crippen molar-refractivity contribution in [1.82, 2.24) is 10.6 Å². The Morgan fingerprint density at radius 1 is 0.947 bits per heavy atom. The highest BCUT2D eigenvalue weighted by Crippen LogP contribution is 2.31. The molecule has 196 valence electrons. The first-order chi connectivity index (χ1) is 18.3. The van der Waals surface area contributed by atoms with E-state index in [9.17, 15) is 14.4 Å². The lowest BCUT2D eigenvalue weighted by Crippen LogP contribution is -2.47. The van der Waals surface area contributed by atoms with Gasteiger partial charge < -0.3 is 15.1 Å². The number of halogens is 1. The molecule has 0 spiro atoms. The molecule has 2 heterocycles. The summed E-state index contributed by atoms with van der Waals surface area (Å²) >= 11 is 1.25. The second-order valence-electron chi connectivity index (χ2n) is 8.89. The lowest BCUT2D eigenvalue weighted by molar-refractivity contribution is -0.126. The van der Waals surface area contributed by atoms with E-state index in [2.05, 4.69) is 10.6 Å². The van der Waals surface area contributed by atoms with Crippen LogP contribution in [-0.4, -0.2) is 24.3 Å². The van der Waals surface area contributed by atoms with Gasteiger partial charge in [0.25, 0.3) is 5.91 Å². The molecule has 38 heavy (non-hydrogen) atoms. The Labute approximate surface area is 224 Å². The predicted octanol–water partition coefficient (Wildman–Crippen LogP) is 5.42. The zero-order chi connectivity index (χ0) is 27.1. The van der Waals surface area contributed by atoms with Gasteiger partial charge in [-0.1, -0.05) is 50.2 Å². The van der Waals surface area contributed by atoms with E-state index >= 15 is 4.39 Å². The molecular weight excluding hydrogens is 505 g/mol. The third-order valence-corrected chi connectivity index (χ3v) is 6.84. The Morgan fingerprint density at radius 2 is 1.71 bits per heavy atom. The third kappa shape index (κ3) is 6.36. The van der Waals surface area contributed by atoms with E-state index in [4.69, 9.17) is 4.42 Å². The first-order valence-corrected chi connectivity index (χ1v) is 13.0. The summed E-state index contributed by atoms with van der Waals surface area (Å²) in [5.74, 6) is -1.46. The Bertz CT molecular complexity index is 1370. The first-order valence-electron chi connectivity index (χ1n) is 12.1. The number of hydrogen-bond donors (Lipinski definition) is 2. The van der Waals surface area contributed by atoms with Gasteiger partial charge in [-0.05, 0) is 53.3 Å². The van der Waals surface area contributed by atoms with Gasteiger partial charge >= 0.3 is 0 Å². The summed E-state index contributed by atoms with van der Waals surface area (Å²) in [5.41, 5.74) is 1.46. The molecular formula is C29H28FN3O4S. The molecule has 0 saturated carbocycles. The van der Waals surface area contributed by atoms with Crippen molar-refractivity contribution < 1.29 is 23.2 Å². The lowest BCUT2D eigenvalue weighted by atomic mass is 10.00. The molecule has 1 atom stereocenters. The number of amides is 3. The summed E-state index contributed by atoms with van der Waals surface area (Å²) in [7, 11) is 0. The lowest BCUT2D eigenvalue weighted by Gasteiger charge is -2.32. The molecule has 3 amide bonds. The van der Waals surface area contributed by atoms with Crippen molar-refractivity contribution in [1.29, 1.82) is 0 Å². The summed E-state index contributed by atoms with van der Waals surface area (Å²) in [6.07, 6.45) is 1.48. The third-order valence-electron chi connectivity index (χ3n) is 5.98. The topological polar surface area (TPSA) is 91.7 Å². The number of nitrogens with one attached hydrogen (secondary N) is 2. The molecule has 0 bridgehead atoms. The fourth-order valence-electron chi connectivity index (χ4n) is 3.97. The molecule has 0 unspecified atom stereocenters. The predicted molar refractivity (Wildman–Crippen MR) is 144 cm³/mol. The van der Waals surface area contributed by atoms with Gasteiger partial charge in [-0.3, -0.25) is 19.3 Å². The van der Waals surface area contributed by atoms with Crippen LogP contribution in [0.1, 0.15) is 52.4 Å². The van der Waals surface area contributed by atoms with Crippen molar-refractivity contribution in [3.63, 3.8) is 0 Å². The summed E-state index contributed by atoms with van der Waals surface area (Å²) in [6, 6.07) is 18.4. The number of benzene rings is 2. The standard InChI is InChI=1S/C29H28FN3O4S/c1-19(2)20-11-13-21(14-12-20)33(26(34)18-32-28(35)25-10-6-16-38-25)27(23-8-3-4-9-24(23)30)29(36)31-17-22-7-5-15-37-22/h3-16,19,27H,17-18H2,1-2H3,(H,31,36)(H,32,35)/t27-/m1/s1. The van der Waals surface area contributed by atoms with Gasteiger partial charge in [0.2, 0.25) is 11.8 Å². The van der Waals surface area contributed by atoms with Crippen molar-refractivity contribution >= 4 is 34.7 Å². The van der Waals surface area contributed by atoms with Gasteiger partial charge in [0.15, 0.2) is 0 Å². The summed E-state index contributed by atoms with van der Waals surface area (Å²) in [6.45, 7) is 3.75. The van der Waals surface area contributed by atoms with Gasteiger partial charge in [0, 0.05) is 11.3 Å². The van der Waals surface area contributed by atoms with Crippen LogP contribution in [-0.2, 0) is 16.1 Å². The molecule has 0 saturated heterocycles. The highest BCUT2D eigenvalue weighted by atomic mass is 32.1. The summed E-state index contributed by atoms with van der Waals surface area (Å²) in [4.78, 5) is 41.5. The van der Waals surface area contributed by atoms with Crippen LogP contribution < -0.4 is 15.5 Å². The molecule has 2 N–H and O–H groups in total. The molecule has 2 aromatic carbocycles. The van der Waals surface area contributed by atoms with Crippen LogP contribution in [0.25, 0.3) is 0 Å². The van der Waals surface area contributed by atoms with E-state index in [-0.39, 0.29) is 24.6 Å². The molecule has 9 heteroatoms. The van der Waals surface area contributed by atoms with E-state index in [0.29, 0.717) is 16.3 Å². The Balaban J connectivity index is 1.71. The van der Waals surface area contributed by atoms with E-state index < -0.39 is 29.6 Å². The number of carbonyl (C=O) groups excluding carboxylic acids is 3. The van der Waals surface area contributed by atoms with Crippen LogP contribution in [0.4, 0.5) is 10.1 Å². The highest BCUT2D eigenvalue weighted by molar-refractivity contribution is 7.12. The minimum Gasteiger partial charge on any atom is -0.467 e. The van der Waals surface area contributed by atoms with E-state index in [1.165, 1.54) is 40.7 Å². The minimum absolute atomic E-state index is 0.0234. The number of anilines is 1. The highest BCUT2D eigenvalue weighted by Gasteiger charge is 2.34. The van der Waals surface area contributed by atoms with Gasteiger partial charge in [0.1, 0.15) is 17.6 Å². The summed E-state index contributed by atoms with van der Waals surface area (Å²) in [5, 5.41) is 7.13. The minimum atomic E-state index is -1.35. The Morgan fingerprint density at radius 3 is 2.34 bits per heavy atom. The summed E-state index contributed by atoms with van der Waals surface area (Å²) < 4.78 is 20.4. The Kier molecular flexibility index (Phi) is 8.70. The zero-order valence-electron chi connectivity index (χ0n) is 21.0. The maximum absolute atomic E-state index is 15.1. The van der Waals surface area contributed by atoms with Crippen LogP contribution in [0.15, 0.2) is 88.9 Å². The van der Waals surface area contributed by atoms with Crippen LogP contribution >= 0.6 is 11.3 Å². The molecule has 4 rings (SSSR count). The van der Waals surface area contributed by atoms with Crippen LogP contribution in [0.2, 0.25) is 0 Å². The number of thiophene rings is 1. The Hall–Kier alpha value is -4.24.